The van der Waals surface area contributed by atoms with Crippen LogP contribution in [0.25, 0.3) is 10.8 Å². The molecule has 0 saturated heterocycles. The van der Waals surface area contributed by atoms with Gasteiger partial charge in [-0.05, 0) is 53.1 Å². The first-order valence-corrected chi connectivity index (χ1v) is 11.6. The van der Waals surface area contributed by atoms with E-state index >= 15 is 0 Å². The number of carboxylic acid groups (broad SMARTS) is 1. The van der Waals surface area contributed by atoms with Gasteiger partial charge in [-0.2, -0.15) is 0 Å². The van der Waals surface area contributed by atoms with E-state index in [-0.39, 0.29) is 31.0 Å². The van der Waals surface area contributed by atoms with Crippen LogP contribution in [0.3, 0.4) is 0 Å². The highest BCUT2D eigenvalue weighted by atomic mass is 35.5. The highest BCUT2D eigenvalue weighted by Gasteiger charge is 2.27. The van der Waals surface area contributed by atoms with Gasteiger partial charge in [-0.3, -0.25) is 4.79 Å². The number of aliphatic carboxylic acids is 1. The average molecular weight is 489 g/mol. The highest BCUT2D eigenvalue weighted by Crippen LogP contribution is 2.38. The van der Waals surface area contributed by atoms with Crippen molar-refractivity contribution in [2.24, 2.45) is 0 Å². The summed E-state index contributed by atoms with van der Waals surface area (Å²) in [5.41, 5.74) is 4.02. The highest BCUT2D eigenvalue weighted by molar-refractivity contribution is 5.86. The van der Waals surface area contributed by atoms with Crippen LogP contribution < -0.4 is 15.0 Å². The van der Waals surface area contributed by atoms with Crippen LogP contribution in [-0.4, -0.2) is 30.3 Å². The molecule has 35 heavy (non-hydrogen) atoms. The second-order valence-electron chi connectivity index (χ2n) is 8.76. The molecule has 0 fully saturated rings. The molecule has 1 unspecified atom stereocenters. The van der Waals surface area contributed by atoms with Crippen molar-refractivity contribution < 1.29 is 14.6 Å². The fourth-order valence-electron chi connectivity index (χ4n) is 4.70. The average Bonchev–Trinajstić information content (AvgIpc) is 2.86. The number of nitrogens with one attached hydrogen (secondary N) is 1. The minimum atomic E-state index is -0.830. The molecule has 1 aliphatic rings. The van der Waals surface area contributed by atoms with E-state index < -0.39 is 5.97 Å². The summed E-state index contributed by atoms with van der Waals surface area (Å²) < 4.78 is 6.35. The van der Waals surface area contributed by atoms with Crippen molar-refractivity contribution in [3.05, 3.63) is 102 Å². The first-order chi connectivity index (χ1) is 16.6. The molecule has 4 aromatic carbocycles. The second kappa shape index (κ2) is 10.8. The molecule has 0 radical (unpaired) electrons. The number of carboxylic acids is 1. The normalized spacial score (nSPS) is 15.6. The molecule has 0 spiro atoms. The largest absolute Gasteiger partial charge is 0.485 e. The number of nitrogens with zero attached hydrogens (tertiary/aromatic N) is 1. The monoisotopic (exact) mass is 488 g/mol. The van der Waals surface area contributed by atoms with Gasteiger partial charge in [-0.25, -0.2) is 0 Å². The van der Waals surface area contributed by atoms with Crippen LogP contribution in [0.1, 0.15) is 24.1 Å². The standard InChI is InChI=1S/C29H28N2O3.ClH/c1-20(25-13-7-10-22-9-2-3-12-26(22)25)30-18-24-19-31(27-14-4-5-15-28(27)34-24)23-11-6-8-21(16-23)17-29(32)33;/h2-16,20,24,30H,17-19H2,1H3,(H,32,33);1H/t20-,24?;/m1./s1. The van der Waals surface area contributed by atoms with Crippen LogP contribution in [0.4, 0.5) is 11.4 Å². The van der Waals surface area contributed by atoms with Crippen LogP contribution >= 0.6 is 12.4 Å². The van der Waals surface area contributed by atoms with Gasteiger partial charge < -0.3 is 20.1 Å². The first kappa shape index (κ1) is 24.6. The Hall–Kier alpha value is -3.54. The molecule has 1 aliphatic heterocycles. The predicted molar refractivity (Wildman–Crippen MR) is 143 cm³/mol. The van der Waals surface area contributed by atoms with E-state index in [0.29, 0.717) is 13.1 Å². The topological polar surface area (TPSA) is 61.8 Å². The van der Waals surface area contributed by atoms with Gasteiger partial charge in [0, 0.05) is 18.3 Å². The zero-order chi connectivity index (χ0) is 23.5. The zero-order valence-corrected chi connectivity index (χ0v) is 20.4. The molecule has 1 heterocycles. The summed E-state index contributed by atoms with van der Waals surface area (Å²) in [5.74, 6) is 0.00558. The second-order valence-corrected chi connectivity index (χ2v) is 8.76. The van der Waals surface area contributed by atoms with Gasteiger partial charge in [0.15, 0.2) is 0 Å². The van der Waals surface area contributed by atoms with E-state index in [0.717, 1.165) is 22.7 Å². The maximum atomic E-state index is 11.2. The van der Waals surface area contributed by atoms with Gasteiger partial charge in [0.25, 0.3) is 0 Å². The summed E-state index contributed by atoms with van der Waals surface area (Å²) in [7, 11) is 0. The lowest BCUT2D eigenvalue weighted by molar-refractivity contribution is -0.136. The molecule has 180 valence electrons. The molecule has 0 aliphatic carbocycles. The molecule has 0 bridgehead atoms. The molecule has 2 atom stereocenters. The van der Waals surface area contributed by atoms with Crippen LogP contribution in [0.15, 0.2) is 91.0 Å². The number of anilines is 2. The van der Waals surface area contributed by atoms with Crippen molar-refractivity contribution in [3.8, 4) is 5.75 Å². The third-order valence-corrected chi connectivity index (χ3v) is 6.36. The number of carbonyl (C=O) groups is 1. The molecule has 0 amide bonds. The summed E-state index contributed by atoms with van der Waals surface area (Å²) in [6.07, 6.45) is -0.0525. The summed E-state index contributed by atoms with van der Waals surface area (Å²) >= 11 is 0. The minimum absolute atomic E-state index is 0. The van der Waals surface area contributed by atoms with Crippen LogP contribution in [0.2, 0.25) is 0 Å². The fourth-order valence-corrected chi connectivity index (χ4v) is 4.70. The zero-order valence-electron chi connectivity index (χ0n) is 19.6. The number of fused-ring (bicyclic) bond motifs is 2. The van der Waals surface area contributed by atoms with Crippen molar-refractivity contribution in [2.75, 3.05) is 18.0 Å². The van der Waals surface area contributed by atoms with Crippen molar-refractivity contribution >= 4 is 40.5 Å². The quantitative estimate of drug-likeness (QED) is 0.327. The van der Waals surface area contributed by atoms with Crippen LogP contribution in [-0.2, 0) is 11.2 Å². The Kier molecular flexibility index (Phi) is 7.59. The Labute approximate surface area is 211 Å². The number of hydrogen-bond acceptors (Lipinski definition) is 4. The van der Waals surface area contributed by atoms with E-state index in [2.05, 4.69) is 59.6 Å². The number of halogens is 1. The van der Waals surface area contributed by atoms with Gasteiger partial charge in [-0.1, -0.05) is 66.7 Å². The van der Waals surface area contributed by atoms with E-state index in [1.165, 1.54) is 16.3 Å². The lowest BCUT2D eigenvalue weighted by atomic mass is 9.99. The van der Waals surface area contributed by atoms with E-state index in [1.807, 2.05) is 48.5 Å². The molecule has 2 N–H and O–H groups in total. The van der Waals surface area contributed by atoms with Crippen molar-refractivity contribution in [3.63, 3.8) is 0 Å². The Bertz CT molecular complexity index is 1320. The lowest BCUT2D eigenvalue weighted by Gasteiger charge is -2.37. The van der Waals surface area contributed by atoms with Gasteiger partial charge in [0.05, 0.1) is 18.7 Å². The predicted octanol–water partition coefficient (Wildman–Crippen LogP) is 6.14. The minimum Gasteiger partial charge on any atom is -0.485 e. The smallest absolute Gasteiger partial charge is 0.307 e. The van der Waals surface area contributed by atoms with E-state index in [9.17, 15) is 9.90 Å². The van der Waals surface area contributed by atoms with Crippen molar-refractivity contribution in [1.82, 2.24) is 5.32 Å². The third-order valence-electron chi connectivity index (χ3n) is 6.36. The molecule has 6 heteroatoms. The number of para-hydroxylation sites is 2. The molecular formula is C29H29ClN2O3. The van der Waals surface area contributed by atoms with Gasteiger partial charge in [0.2, 0.25) is 0 Å². The van der Waals surface area contributed by atoms with Crippen molar-refractivity contribution in [1.29, 1.82) is 0 Å². The molecular weight excluding hydrogens is 460 g/mol. The molecule has 0 aromatic heterocycles. The number of hydrogen-bond donors (Lipinski definition) is 2. The first-order valence-electron chi connectivity index (χ1n) is 11.6. The van der Waals surface area contributed by atoms with E-state index in [1.54, 1.807) is 0 Å². The Morgan fingerprint density at radius 1 is 1.03 bits per heavy atom. The van der Waals surface area contributed by atoms with Gasteiger partial charge >= 0.3 is 5.97 Å². The van der Waals surface area contributed by atoms with Crippen LogP contribution in [0.5, 0.6) is 5.75 Å². The molecule has 5 rings (SSSR count). The third kappa shape index (κ3) is 5.42. The number of benzene rings is 4. The van der Waals surface area contributed by atoms with Gasteiger partial charge in [0.1, 0.15) is 11.9 Å². The maximum absolute atomic E-state index is 11.2. The lowest BCUT2D eigenvalue weighted by Crippen LogP contribution is -2.44. The molecule has 5 nitrogen and oxygen atoms in total. The Morgan fingerprint density at radius 3 is 2.63 bits per heavy atom. The molecule has 0 saturated carbocycles. The summed E-state index contributed by atoms with van der Waals surface area (Å²) in [6.45, 7) is 3.54. The molecule has 4 aromatic rings. The maximum Gasteiger partial charge on any atom is 0.307 e. The SMILES string of the molecule is C[C@@H](NCC1CN(c2cccc(CC(=O)O)c2)c2ccccc2O1)c1cccc2ccccc12.Cl. The summed E-state index contributed by atoms with van der Waals surface area (Å²) in [4.78, 5) is 13.4. The van der Waals surface area contributed by atoms with Gasteiger partial charge in [-0.15, -0.1) is 12.4 Å². The number of rotatable bonds is 7. The van der Waals surface area contributed by atoms with Crippen molar-refractivity contribution in [2.45, 2.75) is 25.5 Å². The summed E-state index contributed by atoms with van der Waals surface area (Å²) in [6, 6.07) is 30.8. The Balaban J connectivity index is 0.00000289. The summed E-state index contributed by atoms with van der Waals surface area (Å²) in [5, 5.41) is 15.4. The fraction of sp³-hybridized carbons (Fsp3) is 0.207. The van der Waals surface area contributed by atoms with Crippen LogP contribution in [0, 0.1) is 0 Å². The number of ether oxygens (including phenoxy) is 1. The Morgan fingerprint density at radius 2 is 1.77 bits per heavy atom. The van der Waals surface area contributed by atoms with E-state index in [4.69, 9.17) is 4.74 Å².